The molecule has 10 nitrogen and oxygen atoms in total. The van der Waals surface area contributed by atoms with E-state index in [1.165, 1.54) is 4.90 Å². The fourth-order valence-electron chi connectivity index (χ4n) is 3.82. The maximum Gasteiger partial charge on any atom is 0.409 e. The number of hydrogen-bond acceptors (Lipinski definition) is 6. The number of carbonyl (C=O) groups excluding carboxylic acids is 4. The van der Waals surface area contributed by atoms with Gasteiger partial charge in [0.25, 0.3) is 0 Å². The summed E-state index contributed by atoms with van der Waals surface area (Å²) in [4.78, 5) is 54.9. The van der Waals surface area contributed by atoms with Crippen LogP contribution in [0.5, 0.6) is 0 Å². The van der Waals surface area contributed by atoms with Crippen LogP contribution in [0.2, 0.25) is 10.0 Å². The van der Waals surface area contributed by atoms with Crippen molar-refractivity contribution in [3.63, 3.8) is 0 Å². The van der Waals surface area contributed by atoms with E-state index >= 15 is 0 Å². The lowest BCUT2D eigenvalue weighted by Gasteiger charge is -2.38. The summed E-state index contributed by atoms with van der Waals surface area (Å²) in [6.07, 6.45) is -0.554. The molecule has 2 saturated heterocycles. The number of piperazine rings is 2. The second-order valence-corrected chi connectivity index (χ2v) is 8.64. The quantitative estimate of drug-likeness (QED) is 0.612. The molecule has 2 aliphatic rings. The molecule has 2 aliphatic heterocycles. The number of carbonyl (C=O) groups is 4. The van der Waals surface area contributed by atoms with Crippen LogP contribution in [-0.2, 0) is 19.1 Å². The Balaban J connectivity index is 1.57. The van der Waals surface area contributed by atoms with Crippen molar-refractivity contribution >= 4 is 52.7 Å². The molecule has 2 fully saturated rings. The highest BCUT2D eigenvalue weighted by molar-refractivity contribution is 6.35. The van der Waals surface area contributed by atoms with Crippen molar-refractivity contribution in [2.45, 2.75) is 19.4 Å². The Morgan fingerprint density at radius 1 is 1.09 bits per heavy atom. The zero-order valence-electron chi connectivity index (χ0n) is 18.3. The minimum Gasteiger partial charge on any atom is -0.450 e. The normalized spacial score (nSPS) is 19.1. The van der Waals surface area contributed by atoms with Gasteiger partial charge in [-0.15, -0.1) is 0 Å². The van der Waals surface area contributed by atoms with Crippen LogP contribution in [0.25, 0.3) is 0 Å². The molecule has 0 spiro atoms. The monoisotopic (exact) mass is 499 g/mol. The van der Waals surface area contributed by atoms with Crippen LogP contribution >= 0.6 is 23.2 Å². The van der Waals surface area contributed by atoms with Gasteiger partial charge in [-0.25, -0.2) is 4.79 Å². The summed E-state index contributed by atoms with van der Waals surface area (Å²) in [7, 11) is 0. The number of amides is 4. The van der Waals surface area contributed by atoms with Gasteiger partial charge < -0.3 is 25.2 Å². The number of benzene rings is 1. The Bertz CT molecular complexity index is 887. The summed E-state index contributed by atoms with van der Waals surface area (Å²) in [5, 5.41) is 6.12. The van der Waals surface area contributed by atoms with Gasteiger partial charge >= 0.3 is 6.09 Å². The molecule has 3 rings (SSSR count). The summed E-state index contributed by atoms with van der Waals surface area (Å²) in [5.74, 6) is -1.05. The smallest absolute Gasteiger partial charge is 0.409 e. The predicted molar refractivity (Wildman–Crippen MR) is 123 cm³/mol. The molecule has 180 valence electrons. The van der Waals surface area contributed by atoms with Gasteiger partial charge in [0.05, 0.1) is 19.6 Å². The summed E-state index contributed by atoms with van der Waals surface area (Å²) in [6.45, 7) is 4.76. The van der Waals surface area contributed by atoms with Crippen LogP contribution in [0.1, 0.15) is 13.3 Å². The molecule has 33 heavy (non-hydrogen) atoms. The fourth-order valence-corrected chi connectivity index (χ4v) is 4.34. The van der Waals surface area contributed by atoms with E-state index in [4.69, 9.17) is 27.9 Å². The van der Waals surface area contributed by atoms with Crippen LogP contribution in [0.4, 0.5) is 10.5 Å². The number of nitrogens with one attached hydrogen (secondary N) is 2. The zero-order valence-corrected chi connectivity index (χ0v) is 19.8. The molecule has 1 aromatic rings. The van der Waals surface area contributed by atoms with Gasteiger partial charge in [0.15, 0.2) is 0 Å². The Labute approximate surface area is 202 Å². The Kier molecular flexibility index (Phi) is 8.76. The molecule has 0 saturated carbocycles. The average molecular weight is 500 g/mol. The first-order valence-corrected chi connectivity index (χ1v) is 11.5. The van der Waals surface area contributed by atoms with E-state index < -0.39 is 11.9 Å². The third-order valence-electron chi connectivity index (χ3n) is 5.43. The molecular formula is C21H27Cl2N5O5. The van der Waals surface area contributed by atoms with Crippen molar-refractivity contribution in [2.75, 3.05) is 57.7 Å². The van der Waals surface area contributed by atoms with E-state index in [0.717, 1.165) is 0 Å². The van der Waals surface area contributed by atoms with Crippen LogP contribution in [0.15, 0.2) is 18.2 Å². The Morgan fingerprint density at radius 3 is 2.39 bits per heavy atom. The third kappa shape index (κ3) is 6.96. The number of ether oxygens (including phenoxy) is 1. The van der Waals surface area contributed by atoms with Crippen molar-refractivity contribution in [1.29, 1.82) is 0 Å². The lowest BCUT2D eigenvalue weighted by atomic mass is 10.1. The first kappa shape index (κ1) is 25.1. The summed E-state index contributed by atoms with van der Waals surface area (Å²) in [5.41, 5.74) is 0.408. The molecular weight excluding hydrogens is 473 g/mol. The first-order valence-electron chi connectivity index (χ1n) is 10.7. The minimum atomic E-state index is -0.915. The third-order valence-corrected chi connectivity index (χ3v) is 5.87. The van der Waals surface area contributed by atoms with Gasteiger partial charge in [0.1, 0.15) is 6.04 Å². The van der Waals surface area contributed by atoms with Gasteiger partial charge in [-0.3, -0.25) is 19.3 Å². The molecule has 0 aromatic heterocycles. The Morgan fingerprint density at radius 2 is 1.76 bits per heavy atom. The molecule has 0 aliphatic carbocycles. The van der Waals surface area contributed by atoms with Crippen LogP contribution < -0.4 is 10.6 Å². The lowest BCUT2D eigenvalue weighted by Crippen LogP contribution is -2.60. The molecule has 1 aromatic carbocycles. The standard InChI is InChI=1S/C21H27Cl2N5O5/c1-2-33-21(32)27-7-5-26(6-8-27)13-19(30)28-4-3-24-20(31)17(28)12-18(29)25-16-10-14(22)9-15(23)11-16/h9-11,17H,2-8,12-13H2,1H3,(H,24,31)(H,25,29). The zero-order chi connectivity index (χ0) is 24.0. The van der Waals surface area contributed by atoms with Crippen LogP contribution in [0, 0.1) is 0 Å². The summed E-state index contributed by atoms with van der Waals surface area (Å²) < 4.78 is 5.01. The van der Waals surface area contributed by atoms with Crippen molar-refractivity contribution in [3.05, 3.63) is 28.2 Å². The number of halogens is 2. The molecule has 2 heterocycles. The molecule has 4 amide bonds. The highest BCUT2D eigenvalue weighted by atomic mass is 35.5. The summed E-state index contributed by atoms with van der Waals surface area (Å²) in [6, 6.07) is 3.72. The lowest BCUT2D eigenvalue weighted by molar-refractivity contribution is -0.145. The topological polar surface area (TPSA) is 111 Å². The largest absolute Gasteiger partial charge is 0.450 e. The van der Waals surface area contributed by atoms with E-state index in [0.29, 0.717) is 61.6 Å². The number of hydrogen-bond donors (Lipinski definition) is 2. The molecule has 12 heteroatoms. The summed E-state index contributed by atoms with van der Waals surface area (Å²) >= 11 is 11.9. The minimum absolute atomic E-state index is 0.103. The number of nitrogens with zero attached hydrogens (tertiary/aromatic N) is 3. The van der Waals surface area contributed by atoms with Gasteiger partial charge in [-0.2, -0.15) is 0 Å². The van der Waals surface area contributed by atoms with Gasteiger partial charge in [-0.1, -0.05) is 23.2 Å². The van der Waals surface area contributed by atoms with Crippen LogP contribution in [-0.4, -0.2) is 97.0 Å². The van der Waals surface area contributed by atoms with Crippen molar-refractivity contribution in [1.82, 2.24) is 20.0 Å². The highest BCUT2D eigenvalue weighted by Crippen LogP contribution is 2.23. The second kappa shape index (κ2) is 11.5. The predicted octanol–water partition coefficient (Wildman–Crippen LogP) is 1.42. The average Bonchev–Trinajstić information content (AvgIpc) is 2.75. The Hall–Kier alpha value is -2.56. The molecule has 1 atom stereocenters. The second-order valence-electron chi connectivity index (χ2n) is 7.77. The van der Waals surface area contributed by atoms with E-state index in [9.17, 15) is 19.2 Å². The van der Waals surface area contributed by atoms with Crippen LogP contribution in [0.3, 0.4) is 0 Å². The molecule has 0 bridgehead atoms. The highest BCUT2D eigenvalue weighted by Gasteiger charge is 2.35. The van der Waals surface area contributed by atoms with Gasteiger partial charge in [0, 0.05) is 55.0 Å². The first-order chi connectivity index (χ1) is 15.8. The van der Waals surface area contributed by atoms with E-state index in [1.807, 2.05) is 4.90 Å². The van der Waals surface area contributed by atoms with E-state index in [1.54, 1.807) is 30.0 Å². The number of rotatable bonds is 6. The molecule has 2 N–H and O–H groups in total. The SMILES string of the molecule is CCOC(=O)N1CCN(CC(=O)N2CCNC(=O)C2CC(=O)Nc2cc(Cl)cc(Cl)c2)CC1. The van der Waals surface area contributed by atoms with E-state index in [2.05, 4.69) is 10.6 Å². The van der Waals surface area contributed by atoms with Gasteiger partial charge in [-0.05, 0) is 25.1 Å². The van der Waals surface area contributed by atoms with Crippen molar-refractivity contribution < 1.29 is 23.9 Å². The number of anilines is 1. The molecule has 1 unspecified atom stereocenters. The molecule has 0 radical (unpaired) electrons. The fraction of sp³-hybridized carbons (Fsp3) is 0.524. The van der Waals surface area contributed by atoms with Gasteiger partial charge in [0.2, 0.25) is 17.7 Å². The maximum atomic E-state index is 13.0. The van der Waals surface area contributed by atoms with E-state index in [-0.39, 0.29) is 30.9 Å². The van der Waals surface area contributed by atoms with Crippen molar-refractivity contribution in [2.24, 2.45) is 0 Å². The maximum absolute atomic E-state index is 13.0. The van der Waals surface area contributed by atoms with Crippen molar-refractivity contribution in [3.8, 4) is 0 Å².